The summed E-state index contributed by atoms with van der Waals surface area (Å²) in [7, 11) is 0. The van der Waals surface area contributed by atoms with Crippen molar-refractivity contribution in [1.82, 2.24) is 5.32 Å². The normalized spacial score (nSPS) is 16.0. The fraction of sp³-hybridized carbons (Fsp3) is 0.312. The third-order valence-corrected chi connectivity index (χ3v) is 5.22. The molecule has 4 N–H and O–H groups in total. The summed E-state index contributed by atoms with van der Waals surface area (Å²) < 4.78 is 0. The second kappa shape index (κ2) is 5.87. The van der Waals surface area contributed by atoms with E-state index in [1.807, 2.05) is 30.3 Å². The van der Waals surface area contributed by atoms with Crippen LogP contribution in [-0.2, 0) is 0 Å². The molecule has 4 nitrogen and oxygen atoms in total. The van der Waals surface area contributed by atoms with Crippen molar-refractivity contribution >= 4 is 23.0 Å². The minimum atomic E-state index is -0.935. The lowest BCUT2D eigenvalue weighted by molar-refractivity contribution is 0.0703. The Hall–Kier alpha value is -1.85. The molecule has 5 heteroatoms. The molecule has 2 aromatic rings. The Bertz CT molecular complexity index is 646. The number of nitrogens with two attached hydrogens (primary N) is 1. The number of hydrogen-bond donors (Lipinski definition) is 3. The van der Waals surface area contributed by atoms with Gasteiger partial charge in [-0.2, -0.15) is 0 Å². The Kier molecular flexibility index (Phi) is 3.94. The predicted molar refractivity (Wildman–Crippen MR) is 86.0 cm³/mol. The quantitative estimate of drug-likeness (QED) is 0.814. The molecule has 0 saturated carbocycles. The zero-order valence-electron chi connectivity index (χ0n) is 11.6. The van der Waals surface area contributed by atoms with Crippen molar-refractivity contribution in [1.29, 1.82) is 0 Å². The molecule has 0 atom stereocenters. The fourth-order valence-electron chi connectivity index (χ4n) is 2.94. The van der Waals surface area contributed by atoms with Crippen LogP contribution in [0.15, 0.2) is 30.3 Å². The number of anilines is 1. The van der Waals surface area contributed by atoms with E-state index in [1.165, 1.54) is 11.3 Å². The highest BCUT2D eigenvalue weighted by Gasteiger charge is 2.27. The first-order chi connectivity index (χ1) is 10.2. The maximum atomic E-state index is 11.4. The molecule has 1 aromatic heterocycles. The molecule has 21 heavy (non-hydrogen) atoms. The van der Waals surface area contributed by atoms with Gasteiger partial charge in [0.15, 0.2) is 0 Å². The Labute approximate surface area is 127 Å². The van der Waals surface area contributed by atoms with E-state index in [0.29, 0.717) is 11.6 Å². The van der Waals surface area contributed by atoms with Crippen molar-refractivity contribution in [2.24, 2.45) is 0 Å². The first kappa shape index (κ1) is 14.1. The SMILES string of the molecule is Nc1c(C(=O)O)sc(-c2ccccc2)c1C1CCNCC1. The Morgan fingerprint density at radius 2 is 1.90 bits per heavy atom. The third kappa shape index (κ3) is 2.66. The Morgan fingerprint density at radius 3 is 2.52 bits per heavy atom. The van der Waals surface area contributed by atoms with Crippen LogP contribution in [0.5, 0.6) is 0 Å². The molecule has 110 valence electrons. The van der Waals surface area contributed by atoms with E-state index in [0.717, 1.165) is 41.9 Å². The molecule has 0 amide bonds. The van der Waals surface area contributed by atoms with Crippen LogP contribution >= 0.6 is 11.3 Å². The summed E-state index contributed by atoms with van der Waals surface area (Å²) in [5.74, 6) is -0.597. The summed E-state index contributed by atoms with van der Waals surface area (Å²) in [5, 5.41) is 12.7. The van der Waals surface area contributed by atoms with Gasteiger partial charge in [-0.25, -0.2) is 4.79 Å². The van der Waals surface area contributed by atoms with Gasteiger partial charge in [-0.3, -0.25) is 0 Å². The van der Waals surface area contributed by atoms with E-state index < -0.39 is 5.97 Å². The molecule has 0 bridgehead atoms. The predicted octanol–water partition coefficient (Wildman–Crippen LogP) is 3.16. The highest BCUT2D eigenvalue weighted by atomic mass is 32.1. The van der Waals surface area contributed by atoms with Gasteiger partial charge in [0.25, 0.3) is 0 Å². The summed E-state index contributed by atoms with van der Waals surface area (Å²) in [4.78, 5) is 12.7. The zero-order valence-corrected chi connectivity index (χ0v) is 12.5. The van der Waals surface area contributed by atoms with Crippen LogP contribution in [0, 0.1) is 0 Å². The van der Waals surface area contributed by atoms with Gasteiger partial charge >= 0.3 is 5.97 Å². The number of benzene rings is 1. The number of nitrogen functional groups attached to an aromatic ring is 1. The summed E-state index contributed by atoms with van der Waals surface area (Å²) in [6.07, 6.45) is 2.00. The third-order valence-electron chi connectivity index (χ3n) is 3.96. The van der Waals surface area contributed by atoms with Crippen LogP contribution in [0.2, 0.25) is 0 Å². The van der Waals surface area contributed by atoms with Crippen LogP contribution in [0.4, 0.5) is 5.69 Å². The van der Waals surface area contributed by atoms with Gasteiger partial charge in [-0.15, -0.1) is 11.3 Å². The maximum Gasteiger partial charge on any atom is 0.348 e. The average molecular weight is 302 g/mol. The number of aromatic carboxylic acids is 1. The van der Waals surface area contributed by atoms with Crippen molar-refractivity contribution in [2.45, 2.75) is 18.8 Å². The monoisotopic (exact) mass is 302 g/mol. The topological polar surface area (TPSA) is 75.4 Å². The first-order valence-corrected chi connectivity index (χ1v) is 7.91. The van der Waals surface area contributed by atoms with Gasteiger partial charge in [-0.05, 0) is 43.0 Å². The van der Waals surface area contributed by atoms with Crippen LogP contribution in [0.1, 0.15) is 34.0 Å². The highest BCUT2D eigenvalue weighted by Crippen LogP contribution is 2.45. The van der Waals surface area contributed by atoms with Gasteiger partial charge in [0.2, 0.25) is 0 Å². The maximum absolute atomic E-state index is 11.4. The van der Waals surface area contributed by atoms with Crippen LogP contribution in [-0.4, -0.2) is 24.2 Å². The largest absolute Gasteiger partial charge is 0.477 e. The molecular weight excluding hydrogens is 284 g/mol. The number of rotatable bonds is 3. The van der Waals surface area contributed by atoms with Gasteiger partial charge < -0.3 is 16.2 Å². The second-order valence-electron chi connectivity index (χ2n) is 5.28. The lowest BCUT2D eigenvalue weighted by atomic mass is 9.88. The summed E-state index contributed by atoms with van der Waals surface area (Å²) in [5.41, 5.74) is 8.72. The molecule has 1 aliphatic heterocycles. The van der Waals surface area contributed by atoms with Crippen molar-refractivity contribution < 1.29 is 9.90 Å². The standard InChI is InChI=1S/C16H18N2O2S/c17-13-12(10-6-8-18-9-7-10)14(21-15(13)16(19)20)11-4-2-1-3-5-11/h1-5,10,18H,6-9,17H2,(H,19,20). The molecule has 0 aliphatic carbocycles. The Morgan fingerprint density at radius 1 is 1.24 bits per heavy atom. The lowest BCUT2D eigenvalue weighted by Crippen LogP contribution is -2.27. The van der Waals surface area contributed by atoms with Gasteiger partial charge in [-0.1, -0.05) is 30.3 Å². The smallest absolute Gasteiger partial charge is 0.348 e. The molecule has 2 heterocycles. The van der Waals surface area contributed by atoms with Crippen molar-refractivity contribution in [3.05, 3.63) is 40.8 Å². The number of hydrogen-bond acceptors (Lipinski definition) is 4. The van der Waals surface area contributed by atoms with Crippen LogP contribution in [0.3, 0.4) is 0 Å². The minimum absolute atomic E-state index is 0.266. The van der Waals surface area contributed by atoms with E-state index >= 15 is 0 Å². The first-order valence-electron chi connectivity index (χ1n) is 7.10. The molecular formula is C16H18N2O2S. The average Bonchev–Trinajstić information content (AvgIpc) is 2.87. The van der Waals surface area contributed by atoms with Gasteiger partial charge in [0.1, 0.15) is 4.88 Å². The second-order valence-corrected chi connectivity index (χ2v) is 6.30. The molecule has 0 unspecified atom stereocenters. The molecule has 3 rings (SSSR count). The Balaban J connectivity index is 2.13. The summed E-state index contributed by atoms with van der Waals surface area (Å²) in [6, 6.07) is 9.93. The molecule has 0 spiro atoms. The van der Waals surface area contributed by atoms with Crippen molar-refractivity contribution in [2.75, 3.05) is 18.8 Å². The van der Waals surface area contributed by atoms with E-state index in [1.54, 1.807) is 0 Å². The summed E-state index contributed by atoms with van der Waals surface area (Å²) in [6.45, 7) is 1.91. The van der Waals surface area contributed by atoms with E-state index in [9.17, 15) is 9.90 Å². The molecule has 1 aliphatic rings. The van der Waals surface area contributed by atoms with E-state index in [-0.39, 0.29) is 4.88 Å². The number of carboxylic acid groups (broad SMARTS) is 1. The summed E-state index contributed by atoms with van der Waals surface area (Å²) >= 11 is 1.30. The highest BCUT2D eigenvalue weighted by molar-refractivity contribution is 7.18. The van der Waals surface area contributed by atoms with E-state index in [4.69, 9.17) is 5.73 Å². The fourth-order valence-corrected chi connectivity index (χ4v) is 4.09. The number of piperidine rings is 1. The number of nitrogens with one attached hydrogen (secondary N) is 1. The van der Waals surface area contributed by atoms with Crippen LogP contribution < -0.4 is 11.1 Å². The lowest BCUT2D eigenvalue weighted by Gasteiger charge is -2.24. The van der Waals surface area contributed by atoms with Gasteiger partial charge in [0, 0.05) is 4.88 Å². The number of carboxylic acids is 1. The van der Waals surface area contributed by atoms with E-state index in [2.05, 4.69) is 5.32 Å². The minimum Gasteiger partial charge on any atom is -0.477 e. The zero-order chi connectivity index (χ0) is 14.8. The van der Waals surface area contributed by atoms with Crippen LogP contribution in [0.25, 0.3) is 10.4 Å². The number of carbonyl (C=O) groups is 1. The van der Waals surface area contributed by atoms with Crippen molar-refractivity contribution in [3.8, 4) is 10.4 Å². The van der Waals surface area contributed by atoms with Crippen molar-refractivity contribution in [3.63, 3.8) is 0 Å². The number of thiophene rings is 1. The molecule has 1 saturated heterocycles. The molecule has 1 fully saturated rings. The molecule has 1 aromatic carbocycles. The van der Waals surface area contributed by atoms with Gasteiger partial charge in [0.05, 0.1) is 5.69 Å². The molecule has 0 radical (unpaired) electrons.